The van der Waals surface area contributed by atoms with Crippen LogP contribution in [0.4, 0.5) is 0 Å². The van der Waals surface area contributed by atoms with E-state index < -0.39 is 12.0 Å². The molecule has 88 valence electrons. The molecule has 0 aliphatic heterocycles. The number of carbonyl (C=O) groups is 2. The second-order valence-electron chi connectivity index (χ2n) is 4.34. The molecule has 0 aromatic carbocycles. The molecule has 2 atom stereocenters. The zero-order valence-electron chi connectivity index (χ0n) is 9.91. The zero-order valence-corrected chi connectivity index (χ0v) is 9.91. The lowest BCUT2D eigenvalue weighted by Gasteiger charge is -2.18. The molecule has 4 nitrogen and oxygen atoms in total. The molecule has 2 N–H and O–H groups in total. The highest BCUT2D eigenvalue weighted by molar-refractivity contribution is 5.83. The summed E-state index contributed by atoms with van der Waals surface area (Å²) >= 11 is 0. The van der Waals surface area contributed by atoms with Crippen LogP contribution in [-0.2, 0) is 9.59 Å². The van der Waals surface area contributed by atoms with Crippen molar-refractivity contribution in [3.05, 3.63) is 0 Å². The van der Waals surface area contributed by atoms with Crippen LogP contribution in [0.3, 0.4) is 0 Å². The van der Waals surface area contributed by atoms with Crippen LogP contribution in [0.25, 0.3) is 0 Å². The lowest BCUT2D eigenvalue weighted by atomic mass is 10.0. The lowest BCUT2D eigenvalue weighted by Crippen LogP contribution is -2.44. The second-order valence-corrected chi connectivity index (χ2v) is 4.34. The standard InChI is InChI=1S/C11H21NO3/c1-5-8(4)6-9(13)12-10(7(2)3)11(14)15/h7-8,10H,5-6H2,1-4H3,(H,12,13)(H,14,15). The van der Waals surface area contributed by atoms with Crippen molar-refractivity contribution in [2.24, 2.45) is 11.8 Å². The summed E-state index contributed by atoms with van der Waals surface area (Å²) in [5, 5.41) is 11.4. The SMILES string of the molecule is CCC(C)CC(=O)NC(C(=O)O)C(C)C. The number of nitrogens with one attached hydrogen (secondary N) is 1. The van der Waals surface area contributed by atoms with Crippen LogP contribution in [0.1, 0.15) is 40.5 Å². The fourth-order valence-corrected chi connectivity index (χ4v) is 1.21. The first-order chi connectivity index (χ1) is 6.88. The molecule has 1 amide bonds. The van der Waals surface area contributed by atoms with E-state index in [1.165, 1.54) is 0 Å². The first kappa shape index (κ1) is 13.9. The summed E-state index contributed by atoms with van der Waals surface area (Å²) in [6.45, 7) is 7.55. The van der Waals surface area contributed by atoms with E-state index in [0.29, 0.717) is 12.3 Å². The molecular formula is C11H21NO3. The molecule has 0 bridgehead atoms. The molecule has 0 heterocycles. The summed E-state index contributed by atoms with van der Waals surface area (Å²) in [6, 6.07) is -0.776. The van der Waals surface area contributed by atoms with Gasteiger partial charge in [-0.15, -0.1) is 0 Å². The van der Waals surface area contributed by atoms with Crippen molar-refractivity contribution < 1.29 is 14.7 Å². The molecule has 0 aliphatic rings. The van der Waals surface area contributed by atoms with Gasteiger partial charge in [-0.1, -0.05) is 34.1 Å². The molecule has 2 unspecified atom stereocenters. The predicted octanol–water partition coefficient (Wildman–Crippen LogP) is 1.65. The summed E-state index contributed by atoms with van der Waals surface area (Å²) in [5.41, 5.74) is 0. The van der Waals surface area contributed by atoms with Crippen molar-refractivity contribution in [2.75, 3.05) is 0 Å². The maximum Gasteiger partial charge on any atom is 0.326 e. The third-order valence-corrected chi connectivity index (χ3v) is 2.48. The van der Waals surface area contributed by atoms with E-state index in [1.807, 2.05) is 13.8 Å². The Labute approximate surface area is 91.1 Å². The summed E-state index contributed by atoms with van der Waals surface area (Å²) in [5.74, 6) is -0.942. The molecule has 0 aromatic heterocycles. The van der Waals surface area contributed by atoms with Gasteiger partial charge >= 0.3 is 5.97 Å². The summed E-state index contributed by atoms with van der Waals surface area (Å²) < 4.78 is 0. The average molecular weight is 215 g/mol. The largest absolute Gasteiger partial charge is 0.480 e. The first-order valence-corrected chi connectivity index (χ1v) is 5.40. The van der Waals surface area contributed by atoms with E-state index in [9.17, 15) is 9.59 Å². The number of carbonyl (C=O) groups excluding carboxylic acids is 1. The van der Waals surface area contributed by atoms with E-state index in [4.69, 9.17) is 5.11 Å². The lowest BCUT2D eigenvalue weighted by molar-refractivity contribution is -0.143. The number of carboxylic acids is 1. The highest BCUT2D eigenvalue weighted by Crippen LogP contribution is 2.08. The number of rotatable bonds is 6. The van der Waals surface area contributed by atoms with Crippen molar-refractivity contribution in [3.8, 4) is 0 Å². The van der Waals surface area contributed by atoms with Gasteiger partial charge in [0.15, 0.2) is 0 Å². The molecule has 0 rings (SSSR count). The topological polar surface area (TPSA) is 66.4 Å². The van der Waals surface area contributed by atoms with Crippen LogP contribution in [0, 0.1) is 11.8 Å². The molecule has 0 saturated carbocycles. The van der Waals surface area contributed by atoms with Crippen LogP contribution in [0.15, 0.2) is 0 Å². The third kappa shape index (κ3) is 5.40. The fourth-order valence-electron chi connectivity index (χ4n) is 1.21. The van der Waals surface area contributed by atoms with Gasteiger partial charge in [-0.05, 0) is 11.8 Å². The Morgan fingerprint density at radius 3 is 2.13 bits per heavy atom. The van der Waals surface area contributed by atoms with Crippen LogP contribution in [-0.4, -0.2) is 23.0 Å². The minimum Gasteiger partial charge on any atom is -0.480 e. The van der Waals surface area contributed by atoms with E-state index in [0.717, 1.165) is 6.42 Å². The van der Waals surface area contributed by atoms with Crippen LogP contribution in [0.2, 0.25) is 0 Å². The van der Waals surface area contributed by atoms with Gasteiger partial charge in [0.1, 0.15) is 6.04 Å². The van der Waals surface area contributed by atoms with Gasteiger partial charge in [-0.2, -0.15) is 0 Å². The van der Waals surface area contributed by atoms with Crippen molar-refractivity contribution in [1.29, 1.82) is 0 Å². The maximum absolute atomic E-state index is 11.5. The van der Waals surface area contributed by atoms with E-state index in [1.54, 1.807) is 13.8 Å². The molecule has 0 radical (unpaired) electrons. The summed E-state index contributed by atoms with van der Waals surface area (Å²) in [6.07, 6.45) is 1.32. The number of amides is 1. The highest BCUT2D eigenvalue weighted by atomic mass is 16.4. The Hall–Kier alpha value is -1.06. The number of hydrogen-bond acceptors (Lipinski definition) is 2. The predicted molar refractivity (Wildman–Crippen MR) is 58.5 cm³/mol. The number of hydrogen-bond donors (Lipinski definition) is 2. The molecule has 0 fully saturated rings. The highest BCUT2D eigenvalue weighted by Gasteiger charge is 2.23. The minimum absolute atomic E-state index is 0.0941. The maximum atomic E-state index is 11.5. The quantitative estimate of drug-likeness (QED) is 0.708. The van der Waals surface area contributed by atoms with Crippen LogP contribution >= 0.6 is 0 Å². The monoisotopic (exact) mass is 215 g/mol. The van der Waals surface area contributed by atoms with Crippen molar-refractivity contribution in [1.82, 2.24) is 5.32 Å². The normalized spacial score (nSPS) is 14.7. The number of aliphatic carboxylic acids is 1. The van der Waals surface area contributed by atoms with Gasteiger partial charge in [0.05, 0.1) is 0 Å². The smallest absolute Gasteiger partial charge is 0.326 e. The van der Waals surface area contributed by atoms with Crippen LogP contribution in [0.5, 0.6) is 0 Å². The van der Waals surface area contributed by atoms with Gasteiger partial charge in [0.25, 0.3) is 0 Å². The van der Waals surface area contributed by atoms with Gasteiger partial charge in [0.2, 0.25) is 5.91 Å². The molecular weight excluding hydrogens is 194 g/mol. The van der Waals surface area contributed by atoms with Gasteiger partial charge in [-0.3, -0.25) is 4.79 Å². The Bertz CT molecular complexity index is 226. The fraction of sp³-hybridized carbons (Fsp3) is 0.818. The summed E-state index contributed by atoms with van der Waals surface area (Å²) in [7, 11) is 0. The molecule has 0 spiro atoms. The van der Waals surface area contributed by atoms with Crippen molar-refractivity contribution >= 4 is 11.9 Å². The van der Waals surface area contributed by atoms with Crippen molar-refractivity contribution in [2.45, 2.75) is 46.6 Å². The van der Waals surface area contributed by atoms with Crippen LogP contribution < -0.4 is 5.32 Å². The summed E-state index contributed by atoms with van der Waals surface area (Å²) in [4.78, 5) is 22.3. The number of carboxylic acid groups (broad SMARTS) is 1. The van der Waals surface area contributed by atoms with E-state index in [-0.39, 0.29) is 11.8 Å². The molecule has 0 aliphatic carbocycles. The van der Waals surface area contributed by atoms with Gasteiger partial charge < -0.3 is 10.4 Å². The minimum atomic E-state index is -0.970. The molecule has 0 aromatic rings. The second kappa shape index (κ2) is 6.43. The Kier molecular flexibility index (Phi) is 5.97. The Morgan fingerprint density at radius 1 is 1.27 bits per heavy atom. The van der Waals surface area contributed by atoms with Crippen molar-refractivity contribution in [3.63, 3.8) is 0 Å². The molecule has 0 saturated heterocycles. The van der Waals surface area contributed by atoms with Gasteiger partial charge in [-0.25, -0.2) is 4.79 Å². The third-order valence-electron chi connectivity index (χ3n) is 2.48. The first-order valence-electron chi connectivity index (χ1n) is 5.40. The molecule has 4 heteroatoms. The molecule has 15 heavy (non-hydrogen) atoms. The Balaban J connectivity index is 4.18. The van der Waals surface area contributed by atoms with E-state index >= 15 is 0 Å². The van der Waals surface area contributed by atoms with Gasteiger partial charge in [0, 0.05) is 6.42 Å². The average Bonchev–Trinajstić information content (AvgIpc) is 2.12. The van der Waals surface area contributed by atoms with E-state index in [2.05, 4.69) is 5.32 Å². The Morgan fingerprint density at radius 2 is 1.80 bits per heavy atom. The zero-order chi connectivity index (χ0) is 12.0.